The zero-order valence-corrected chi connectivity index (χ0v) is 12.2. The molecule has 1 N–H and O–H groups in total. The first-order valence-electron chi connectivity index (χ1n) is 7.41. The summed E-state index contributed by atoms with van der Waals surface area (Å²) < 4.78 is 10.4. The Morgan fingerprint density at radius 1 is 1.38 bits per heavy atom. The first kappa shape index (κ1) is 14.1. The minimum absolute atomic E-state index is 0.372. The van der Waals surface area contributed by atoms with E-state index in [1.54, 1.807) is 7.11 Å². The van der Waals surface area contributed by atoms with Gasteiger partial charge in [-0.05, 0) is 30.9 Å². The molecule has 1 aromatic heterocycles. The van der Waals surface area contributed by atoms with Gasteiger partial charge < -0.3 is 14.4 Å². The summed E-state index contributed by atoms with van der Waals surface area (Å²) in [6, 6.07) is 7.53. The third-order valence-electron chi connectivity index (χ3n) is 4.12. The van der Waals surface area contributed by atoms with Crippen LogP contribution < -0.4 is 4.74 Å². The number of aromatic nitrogens is 2. The molecule has 21 heavy (non-hydrogen) atoms. The van der Waals surface area contributed by atoms with Gasteiger partial charge in [-0.25, -0.2) is 0 Å². The number of aliphatic hydroxyl groups is 1. The standard InChI is InChI=1S/C16H20N2O3/c1-20-13-8-4-7-12(9-13)16-17-15(21-18-16)10-14(19)11-5-2-3-6-11/h4,7-9,11,14,19H,2-3,5-6,10H2,1H3. The van der Waals surface area contributed by atoms with E-state index in [0.29, 0.717) is 24.1 Å². The maximum Gasteiger partial charge on any atom is 0.229 e. The molecule has 112 valence electrons. The highest BCUT2D eigenvalue weighted by atomic mass is 16.5. The lowest BCUT2D eigenvalue weighted by Gasteiger charge is -2.14. The molecule has 0 spiro atoms. The van der Waals surface area contributed by atoms with Crippen molar-refractivity contribution in [3.8, 4) is 17.1 Å². The van der Waals surface area contributed by atoms with E-state index in [1.165, 1.54) is 12.8 Å². The number of benzene rings is 1. The second-order valence-corrected chi connectivity index (χ2v) is 5.56. The second kappa shape index (κ2) is 6.26. The fourth-order valence-electron chi connectivity index (χ4n) is 2.90. The molecule has 1 atom stereocenters. The van der Waals surface area contributed by atoms with Gasteiger partial charge in [0.1, 0.15) is 5.75 Å². The van der Waals surface area contributed by atoms with Crippen LogP contribution in [0, 0.1) is 5.92 Å². The van der Waals surface area contributed by atoms with Crippen molar-refractivity contribution < 1.29 is 14.4 Å². The molecule has 1 aliphatic carbocycles. The Bertz CT molecular complexity index is 591. The van der Waals surface area contributed by atoms with Crippen LogP contribution in [0.1, 0.15) is 31.6 Å². The molecule has 2 aromatic rings. The van der Waals surface area contributed by atoms with Crippen molar-refractivity contribution in [2.45, 2.75) is 38.2 Å². The van der Waals surface area contributed by atoms with Gasteiger partial charge in [0.05, 0.1) is 19.6 Å². The Morgan fingerprint density at radius 2 is 2.19 bits per heavy atom. The lowest BCUT2D eigenvalue weighted by Crippen LogP contribution is -2.20. The van der Waals surface area contributed by atoms with Gasteiger partial charge in [-0.15, -0.1) is 0 Å². The third kappa shape index (κ3) is 3.24. The van der Waals surface area contributed by atoms with Crippen molar-refractivity contribution in [3.05, 3.63) is 30.2 Å². The number of methoxy groups -OCH3 is 1. The molecule has 0 radical (unpaired) electrons. The monoisotopic (exact) mass is 288 g/mol. The summed E-state index contributed by atoms with van der Waals surface area (Å²) >= 11 is 0. The van der Waals surface area contributed by atoms with Crippen LogP contribution in [0.15, 0.2) is 28.8 Å². The number of nitrogens with zero attached hydrogens (tertiary/aromatic N) is 2. The first-order valence-corrected chi connectivity index (χ1v) is 7.41. The number of rotatable bonds is 5. The zero-order valence-electron chi connectivity index (χ0n) is 12.2. The molecule has 1 aliphatic rings. The molecule has 0 bridgehead atoms. The third-order valence-corrected chi connectivity index (χ3v) is 4.12. The largest absolute Gasteiger partial charge is 0.497 e. The fourth-order valence-corrected chi connectivity index (χ4v) is 2.90. The maximum atomic E-state index is 10.2. The van der Waals surface area contributed by atoms with Gasteiger partial charge in [0, 0.05) is 5.56 Å². The van der Waals surface area contributed by atoms with Crippen molar-refractivity contribution in [3.63, 3.8) is 0 Å². The van der Waals surface area contributed by atoms with E-state index in [1.807, 2.05) is 24.3 Å². The van der Waals surface area contributed by atoms with E-state index in [4.69, 9.17) is 9.26 Å². The Kier molecular flexibility index (Phi) is 4.20. The van der Waals surface area contributed by atoms with Crippen molar-refractivity contribution in [2.75, 3.05) is 7.11 Å². The summed E-state index contributed by atoms with van der Waals surface area (Å²) in [6.07, 6.45) is 4.66. The van der Waals surface area contributed by atoms with Gasteiger partial charge >= 0.3 is 0 Å². The van der Waals surface area contributed by atoms with E-state index in [0.717, 1.165) is 24.2 Å². The fraction of sp³-hybridized carbons (Fsp3) is 0.500. The summed E-state index contributed by atoms with van der Waals surface area (Å²) in [5.74, 6) is 2.15. The number of aliphatic hydroxyl groups excluding tert-OH is 1. The van der Waals surface area contributed by atoms with Crippen LogP contribution >= 0.6 is 0 Å². The zero-order chi connectivity index (χ0) is 14.7. The normalized spacial score (nSPS) is 17.0. The van der Waals surface area contributed by atoms with Crippen LogP contribution in [0.2, 0.25) is 0 Å². The lowest BCUT2D eigenvalue weighted by molar-refractivity contribution is 0.102. The summed E-state index contributed by atoms with van der Waals surface area (Å²) in [5.41, 5.74) is 0.847. The molecule has 0 amide bonds. The Labute approximate surface area is 123 Å². The average molecular weight is 288 g/mol. The van der Waals surface area contributed by atoms with Gasteiger partial charge in [-0.1, -0.05) is 30.1 Å². The highest BCUT2D eigenvalue weighted by Crippen LogP contribution is 2.29. The summed E-state index contributed by atoms with van der Waals surface area (Å²) in [5, 5.41) is 14.2. The summed E-state index contributed by atoms with van der Waals surface area (Å²) in [6.45, 7) is 0. The molecule has 5 nitrogen and oxygen atoms in total. The maximum absolute atomic E-state index is 10.2. The molecule has 0 saturated heterocycles. The summed E-state index contributed by atoms with van der Waals surface area (Å²) in [4.78, 5) is 4.37. The van der Waals surface area contributed by atoms with E-state index in [2.05, 4.69) is 10.1 Å². The molecule has 1 heterocycles. The second-order valence-electron chi connectivity index (χ2n) is 5.56. The van der Waals surface area contributed by atoms with Crippen molar-refractivity contribution >= 4 is 0 Å². The van der Waals surface area contributed by atoms with E-state index < -0.39 is 0 Å². The molecule has 1 fully saturated rings. The predicted octanol–water partition coefficient (Wildman–Crippen LogP) is 2.84. The lowest BCUT2D eigenvalue weighted by atomic mass is 9.98. The minimum atomic E-state index is -0.383. The molecular formula is C16H20N2O3. The van der Waals surface area contributed by atoms with Gasteiger partial charge in [0.2, 0.25) is 11.7 Å². The molecule has 3 rings (SSSR count). The average Bonchev–Trinajstić information content (AvgIpc) is 3.18. The molecule has 1 aromatic carbocycles. The van der Waals surface area contributed by atoms with Crippen LogP contribution in [-0.2, 0) is 6.42 Å². The highest BCUT2D eigenvalue weighted by Gasteiger charge is 2.25. The van der Waals surface area contributed by atoms with Gasteiger partial charge in [0.25, 0.3) is 0 Å². The SMILES string of the molecule is COc1cccc(-c2noc(CC(O)C3CCCC3)n2)c1. The smallest absolute Gasteiger partial charge is 0.229 e. The van der Waals surface area contributed by atoms with Crippen LogP contribution in [0.4, 0.5) is 0 Å². The first-order chi connectivity index (χ1) is 10.3. The van der Waals surface area contributed by atoms with Crippen molar-refractivity contribution in [2.24, 2.45) is 5.92 Å². The van der Waals surface area contributed by atoms with Crippen molar-refractivity contribution in [1.29, 1.82) is 0 Å². The molecule has 1 unspecified atom stereocenters. The number of hydrogen-bond acceptors (Lipinski definition) is 5. The topological polar surface area (TPSA) is 68.4 Å². The van der Waals surface area contributed by atoms with Crippen LogP contribution in [0.5, 0.6) is 5.75 Å². The minimum Gasteiger partial charge on any atom is -0.497 e. The molecule has 1 saturated carbocycles. The number of ether oxygens (including phenoxy) is 1. The van der Waals surface area contributed by atoms with Gasteiger partial charge in [-0.3, -0.25) is 0 Å². The molecule has 5 heteroatoms. The Hall–Kier alpha value is -1.88. The van der Waals surface area contributed by atoms with E-state index in [-0.39, 0.29) is 6.10 Å². The summed E-state index contributed by atoms with van der Waals surface area (Å²) in [7, 11) is 1.62. The van der Waals surface area contributed by atoms with E-state index in [9.17, 15) is 5.11 Å². The van der Waals surface area contributed by atoms with Crippen LogP contribution in [-0.4, -0.2) is 28.5 Å². The van der Waals surface area contributed by atoms with Crippen LogP contribution in [0.3, 0.4) is 0 Å². The van der Waals surface area contributed by atoms with Crippen molar-refractivity contribution in [1.82, 2.24) is 10.1 Å². The molecule has 0 aliphatic heterocycles. The Morgan fingerprint density at radius 3 is 2.95 bits per heavy atom. The van der Waals surface area contributed by atoms with E-state index >= 15 is 0 Å². The Balaban J connectivity index is 1.70. The van der Waals surface area contributed by atoms with Crippen LogP contribution in [0.25, 0.3) is 11.4 Å². The van der Waals surface area contributed by atoms with Gasteiger partial charge in [-0.2, -0.15) is 4.98 Å². The molecular weight excluding hydrogens is 268 g/mol. The number of hydrogen-bond donors (Lipinski definition) is 1. The van der Waals surface area contributed by atoms with Gasteiger partial charge in [0.15, 0.2) is 0 Å². The quantitative estimate of drug-likeness (QED) is 0.916. The predicted molar refractivity (Wildman–Crippen MR) is 78.0 cm³/mol. The highest BCUT2D eigenvalue weighted by molar-refractivity contribution is 5.56.